The molecule has 0 bridgehead atoms. The van der Waals surface area contributed by atoms with Crippen molar-refractivity contribution < 1.29 is 14.3 Å². The number of nitrogens with zero attached hydrogens (tertiary/aromatic N) is 4. The summed E-state index contributed by atoms with van der Waals surface area (Å²) in [6.45, 7) is 4.71. The molecule has 2 aromatic heterocycles. The number of rotatable bonds is 1. The van der Waals surface area contributed by atoms with Crippen LogP contribution in [0.15, 0.2) is 30.0 Å². The van der Waals surface area contributed by atoms with Crippen LogP contribution in [-0.4, -0.2) is 56.5 Å². The third-order valence-corrected chi connectivity index (χ3v) is 5.32. The van der Waals surface area contributed by atoms with Crippen molar-refractivity contribution in [1.82, 2.24) is 19.5 Å². The standard InChI is InChI=1S/C18H20ClN5O3/c1-17(2)9-18(8-11(20)14(17)25)10-23(6-7-27-18)16(26)15-21-13-5-3-4-12(19)24(13)22-15/h3-5,8H,6-7,9-10,20H2,1-2H3. The summed E-state index contributed by atoms with van der Waals surface area (Å²) in [5.41, 5.74) is 5.19. The first kappa shape index (κ1) is 17.9. The fourth-order valence-corrected chi connectivity index (χ4v) is 4.10. The topological polar surface area (TPSA) is 103 Å². The quantitative estimate of drug-likeness (QED) is 0.740. The molecule has 1 aliphatic carbocycles. The number of fused-ring (bicyclic) bond motifs is 1. The van der Waals surface area contributed by atoms with E-state index in [0.29, 0.717) is 30.4 Å². The van der Waals surface area contributed by atoms with Gasteiger partial charge in [0.25, 0.3) is 5.91 Å². The van der Waals surface area contributed by atoms with Gasteiger partial charge < -0.3 is 15.4 Å². The van der Waals surface area contributed by atoms with E-state index in [-0.39, 0.29) is 29.8 Å². The summed E-state index contributed by atoms with van der Waals surface area (Å²) in [6.07, 6.45) is 2.10. The zero-order chi connectivity index (χ0) is 19.4. The van der Waals surface area contributed by atoms with E-state index >= 15 is 0 Å². The number of carbonyl (C=O) groups excluding carboxylic acids is 2. The molecule has 0 radical (unpaired) electrons. The maximum Gasteiger partial charge on any atom is 0.293 e. The summed E-state index contributed by atoms with van der Waals surface area (Å²) in [5.74, 6) is -0.334. The van der Waals surface area contributed by atoms with Crippen molar-refractivity contribution in [3.8, 4) is 0 Å². The van der Waals surface area contributed by atoms with E-state index in [0.717, 1.165) is 0 Å². The minimum atomic E-state index is -0.786. The predicted octanol–water partition coefficient (Wildman–Crippen LogP) is 1.44. The zero-order valence-electron chi connectivity index (χ0n) is 15.1. The first-order chi connectivity index (χ1) is 12.7. The van der Waals surface area contributed by atoms with E-state index < -0.39 is 11.0 Å². The lowest BCUT2D eigenvalue weighted by atomic mass is 9.71. The van der Waals surface area contributed by atoms with E-state index in [4.69, 9.17) is 22.1 Å². The van der Waals surface area contributed by atoms with Crippen LogP contribution in [0.25, 0.3) is 5.65 Å². The normalized spacial score (nSPS) is 25.1. The summed E-state index contributed by atoms with van der Waals surface area (Å²) in [4.78, 5) is 31.2. The Hall–Kier alpha value is -2.45. The summed E-state index contributed by atoms with van der Waals surface area (Å²) in [5, 5.41) is 4.60. The molecule has 0 saturated carbocycles. The Morgan fingerprint density at radius 2 is 2.15 bits per heavy atom. The first-order valence-corrected chi connectivity index (χ1v) is 9.06. The highest BCUT2D eigenvalue weighted by Crippen LogP contribution is 2.40. The number of hydrogen-bond donors (Lipinski definition) is 1. The van der Waals surface area contributed by atoms with Crippen LogP contribution in [0.5, 0.6) is 0 Å². The van der Waals surface area contributed by atoms with Crippen molar-refractivity contribution in [2.45, 2.75) is 25.9 Å². The van der Waals surface area contributed by atoms with Crippen LogP contribution >= 0.6 is 11.6 Å². The Labute approximate surface area is 160 Å². The smallest absolute Gasteiger partial charge is 0.293 e. The fraction of sp³-hybridized carbons (Fsp3) is 0.444. The van der Waals surface area contributed by atoms with Crippen LogP contribution < -0.4 is 5.73 Å². The van der Waals surface area contributed by atoms with Gasteiger partial charge in [-0.15, -0.1) is 5.10 Å². The Bertz CT molecular complexity index is 983. The molecule has 0 aromatic carbocycles. The van der Waals surface area contributed by atoms with Crippen molar-refractivity contribution in [3.05, 3.63) is 40.9 Å². The van der Waals surface area contributed by atoms with Crippen LogP contribution in [-0.2, 0) is 9.53 Å². The monoisotopic (exact) mass is 389 g/mol. The minimum Gasteiger partial charge on any atom is -0.396 e. The van der Waals surface area contributed by atoms with E-state index in [1.165, 1.54) is 4.52 Å². The second kappa shape index (κ2) is 6.03. The molecule has 1 aliphatic heterocycles. The van der Waals surface area contributed by atoms with Gasteiger partial charge in [-0.1, -0.05) is 31.5 Å². The number of ketones is 1. The van der Waals surface area contributed by atoms with Gasteiger partial charge in [0.15, 0.2) is 11.4 Å². The van der Waals surface area contributed by atoms with Crippen molar-refractivity contribution >= 4 is 28.9 Å². The molecular formula is C18H20ClN5O3. The van der Waals surface area contributed by atoms with E-state index in [1.54, 1.807) is 29.2 Å². The van der Waals surface area contributed by atoms with Crippen LogP contribution in [0.2, 0.25) is 5.15 Å². The predicted molar refractivity (Wildman–Crippen MR) is 98.3 cm³/mol. The molecule has 4 rings (SSSR count). The molecule has 1 saturated heterocycles. The molecule has 8 nitrogen and oxygen atoms in total. The van der Waals surface area contributed by atoms with Gasteiger partial charge in [-0.05, 0) is 24.6 Å². The number of allylic oxidation sites excluding steroid dienone is 1. The average Bonchev–Trinajstić information content (AvgIpc) is 3.04. The van der Waals surface area contributed by atoms with Gasteiger partial charge in [-0.3, -0.25) is 9.59 Å². The minimum absolute atomic E-state index is 0.0725. The van der Waals surface area contributed by atoms with Crippen molar-refractivity contribution in [2.75, 3.05) is 19.7 Å². The third-order valence-electron chi connectivity index (χ3n) is 5.04. The van der Waals surface area contributed by atoms with Crippen LogP contribution in [0.1, 0.15) is 30.9 Å². The number of halogens is 1. The number of hydrogen-bond acceptors (Lipinski definition) is 6. The number of nitrogens with two attached hydrogens (primary N) is 1. The summed E-state index contributed by atoms with van der Waals surface area (Å²) in [6, 6.07) is 5.16. The average molecular weight is 390 g/mol. The lowest BCUT2D eigenvalue weighted by Gasteiger charge is -2.46. The highest BCUT2D eigenvalue weighted by molar-refractivity contribution is 6.29. The van der Waals surface area contributed by atoms with Crippen LogP contribution in [0.4, 0.5) is 0 Å². The van der Waals surface area contributed by atoms with E-state index in [2.05, 4.69) is 10.1 Å². The van der Waals surface area contributed by atoms with Gasteiger partial charge in [0.2, 0.25) is 5.82 Å². The second-order valence-corrected chi connectivity index (χ2v) is 8.07. The van der Waals surface area contributed by atoms with E-state index in [1.807, 2.05) is 13.8 Å². The number of carbonyl (C=O) groups is 2. The number of morpholine rings is 1. The number of amides is 1. The van der Waals surface area contributed by atoms with E-state index in [9.17, 15) is 9.59 Å². The van der Waals surface area contributed by atoms with Gasteiger partial charge in [0.05, 0.1) is 18.8 Å². The van der Waals surface area contributed by atoms with Crippen molar-refractivity contribution in [1.29, 1.82) is 0 Å². The molecule has 2 N–H and O–H groups in total. The molecule has 1 spiro atoms. The highest BCUT2D eigenvalue weighted by Gasteiger charge is 2.48. The molecule has 27 heavy (non-hydrogen) atoms. The number of ether oxygens (including phenoxy) is 1. The molecule has 1 unspecified atom stereocenters. The molecule has 3 heterocycles. The Morgan fingerprint density at radius 3 is 2.85 bits per heavy atom. The Morgan fingerprint density at radius 1 is 1.37 bits per heavy atom. The molecule has 9 heteroatoms. The van der Waals surface area contributed by atoms with Crippen LogP contribution in [0, 0.1) is 5.41 Å². The molecule has 142 valence electrons. The zero-order valence-corrected chi connectivity index (χ0v) is 15.9. The fourth-order valence-electron chi connectivity index (χ4n) is 3.90. The molecule has 1 fully saturated rings. The molecule has 1 amide bonds. The lowest BCUT2D eigenvalue weighted by molar-refractivity contribution is -0.135. The van der Waals surface area contributed by atoms with Gasteiger partial charge >= 0.3 is 0 Å². The second-order valence-electron chi connectivity index (χ2n) is 7.68. The maximum atomic E-state index is 13.0. The molecule has 1 atom stereocenters. The SMILES string of the molecule is CC1(C)CC2(C=C(N)C1=O)CN(C(=O)c1nc3cccc(Cl)n3n1)CCO2. The lowest BCUT2D eigenvalue weighted by Crippen LogP contribution is -2.57. The highest BCUT2D eigenvalue weighted by atomic mass is 35.5. The van der Waals surface area contributed by atoms with Gasteiger partial charge in [0.1, 0.15) is 10.8 Å². The number of aromatic nitrogens is 3. The molecule has 2 aliphatic rings. The molecule has 2 aromatic rings. The van der Waals surface area contributed by atoms with Crippen LogP contribution in [0.3, 0.4) is 0 Å². The maximum absolute atomic E-state index is 13.0. The number of Topliss-reactive ketones (excluding diaryl/α,β-unsaturated/α-hetero) is 1. The van der Waals surface area contributed by atoms with Crippen molar-refractivity contribution in [2.24, 2.45) is 11.1 Å². The largest absolute Gasteiger partial charge is 0.396 e. The third kappa shape index (κ3) is 2.98. The van der Waals surface area contributed by atoms with Gasteiger partial charge in [-0.25, -0.2) is 9.50 Å². The summed E-state index contributed by atoms with van der Waals surface area (Å²) < 4.78 is 7.41. The first-order valence-electron chi connectivity index (χ1n) is 8.68. The number of pyridine rings is 1. The Balaban J connectivity index is 1.64. The summed E-state index contributed by atoms with van der Waals surface area (Å²) >= 11 is 6.10. The Kier molecular flexibility index (Phi) is 4.01. The van der Waals surface area contributed by atoms with Gasteiger partial charge in [-0.2, -0.15) is 0 Å². The molecular weight excluding hydrogens is 370 g/mol. The van der Waals surface area contributed by atoms with Crippen molar-refractivity contribution in [3.63, 3.8) is 0 Å². The van der Waals surface area contributed by atoms with Gasteiger partial charge in [0, 0.05) is 12.0 Å². The summed E-state index contributed by atoms with van der Waals surface area (Å²) in [7, 11) is 0.